The summed E-state index contributed by atoms with van der Waals surface area (Å²) in [4.78, 5) is 2.47. The summed E-state index contributed by atoms with van der Waals surface area (Å²) in [5.74, 6) is 0.924. The monoisotopic (exact) mass is 278 g/mol. The molecule has 4 nitrogen and oxygen atoms in total. The van der Waals surface area contributed by atoms with Crippen molar-refractivity contribution in [2.45, 2.75) is 19.4 Å². The third-order valence-corrected chi connectivity index (χ3v) is 3.68. The first-order chi connectivity index (χ1) is 9.83. The first-order valence-corrected chi connectivity index (χ1v) is 7.51. The predicted molar refractivity (Wildman–Crippen MR) is 81.3 cm³/mol. The molecule has 1 atom stereocenters. The lowest BCUT2D eigenvalue weighted by molar-refractivity contribution is 0.0334. The maximum absolute atomic E-state index is 5.42. The number of hydrogen-bond donors (Lipinski definition) is 1. The van der Waals surface area contributed by atoms with Crippen molar-refractivity contribution in [2.24, 2.45) is 0 Å². The van der Waals surface area contributed by atoms with E-state index in [1.165, 1.54) is 5.56 Å². The molecular weight excluding hydrogens is 252 g/mol. The summed E-state index contributed by atoms with van der Waals surface area (Å²) in [5, 5.41) is 3.65. The van der Waals surface area contributed by atoms with Crippen molar-refractivity contribution in [3.63, 3.8) is 0 Å². The summed E-state index contributed by atoms with van der Waals surface area (Å²) in [5.41, 5.74) is 1.30. The normalized spacial score (nSPS) is 17.9. The Morgan fingerprint density at radius 1 is 1.35 bits per heavy atom. The van der Waals surface area contributed by atoms with Crippen molar-refractivity contribution in [3.05, 3.63) is 29.8 Å². The van der Waals surface area contributed by atoms with Crippen molar-refractivity contribution >= 4 is 0 Å². The highest BCUT2D eigenvalue weighted by molar-refractivity contribution is 5.30. The van der Waals surface area contributed by atoms with E-state index in [1.54, 1.807) is 7.11 Å². The average molecular weight is 278 g/mol. The van der Waals surface area contributed by atoms with E-state index >= 15 is 0 Å². The van der Waals surface area contributed by atoms with E-state index < -0.39 is 0 Å². The van der Waals surface area contributed by atoms with E-state index in [2.05, 4.69) is 35.3 Å². The van der Waals surface area contributed by atoms with Crippen LogP contribution in [0.4, 0.5) is 0 Å². The van der Waals surface area contributed by atoms with Crippen LogP contribution in [0.5, 0.6) is 5.75 Å². The van der Waals surface area contributed by atoms with Crippen LogP contribution in [0.1, 0.15) is 24.9 Å². The molecule has 0 aliphatic carbocycles. The van der Waals surface area contributed by atoms with Crippen LogP contribution in [0.15, 0.2) is 24.3 Å². The van der Waals surface area contributed by atoms with E-state index in [4.69, 9.17) is 9.47 Å². The molecule has 0 aromatic heterocycles. The van der Waals surface area contributed by atoms with Gasteiger partial charge in [-0.3, -0.25) is 4.90 Å². The Morgan fingerprint density at radius 2 is 2.15 bits per heavy atom. The molecule has 1 heterocycles. The molecular formula is C16H26N2O2. The van der Waals surface area contributed by atoms with E-state index in [-0.39, 0.29) is 0 Å². The lowest BCUT2D eigenvalue weighted by Gasteiger charge is -2.31. The summed E-state index contributed by atoms with van der Waals surface area (Å²) in [6.07, 6.45) is 1.14. The largest absolute Gasteiger partial charge is 0.497 e. The van der Waals surface area contributed by atoms with Gasteiger partial charge in [0.2, 0.25) is 0 Å². The number of nitrogens with one attached hydrogen (secondary N) is 1. The Bertz CT molecular complexity index is 392. The fourth-order valence-corrected chi connectivity index (χ4v) is 2.51. The quantitative estimate of drug-likeness (QED) is 0.828. The zero-order valence-electron chi connectivity index (χ0n) is 12.6. The highest BCUT2D eigenvalue weighted by atomic mass is 16.5. The number of ether oxygens (including phenoxy) is 2. The van der Waals surface area contributed by atoms with Crippen molar-refractivity contribution in [1.82, 2.24) is 10.2 Å². The van der Waals surface area contributed by atoms with Crippen LogP contribution in [-0.2, 0) is 4.74 Å². The van der Waals surface area contributed by atoms with Gasteiger partial charge in [0.25, 0.3) is 0 Å². The third kappa shape index (κ3) is 4.47. The van der Waals surface area contributed by atoms with E-state index in [1.807, 2.05) is 6.07 Å². The van der Waals surface area contributed by atoms with E-state index in [0.717, 1.165) is 51.6 Å². The maximum atomic E-state index is 5.42. The number of rotatable bonds is 7. The molecule has 0 spiro atoms. The number of hydrogen-bond acceptors (Lipinski definition) is 4. The van der Waals surface area contributed by atoms with Gasteiger partial charge in [0.15, 0.2) is 0 Å². The summed E-state index contributed by atoms with van der Waals surface area (Å²) in [7, 11) is 1.72. The molecule has 1 aromatic carbocycles. The Labute approximate surface area is 122 Å². The molecule has 1 aromatic rings. The van der Waals surface area contributed by atoms with Gasteiger partial charge in [-0.05, 0) is 30.7 Å². The van der Waals surface area contributed by atoms with Gasteiger partial charge in [-0.2, -0.15) is 0 Å². The molecule has 20 heavy (non-hydrogen) atoms. The molecule has 0 amide bonds. The second-order valence-electron chi connectivity index (χ2n) is 5.20. The van der Waals surface area contributed by atoms with Gasteiger partial charge < -0.3 is 14.8 Å². The number of benzene rings is 1. The molecule has 1 saturated heterocycles. The highest BCUT2D eigenvalue weighted by Gasteiger charge is 2.18. The van der Waals surface area contributed by atoms with E-state index in [0.29, 0.717) is 6.04 Å². The Hall–Kier alpha value is -1.10. The molecule has 0 saturated carbocycles. The van der Waals surface area contributed by atoms with Crippen molar-refractivity contribution in [2.75, 3.05) is 46.5 Å². The highest BCUT2D eigenvalue weighted by Crippen LogP contribution is 2.20. The molecule has 1 fully saturated rings. The molecule has 2 rings (SSSR count). The smallest absolute Gasteiger partial charge is 0.119 e. The topological polar surface area (TPSA) is 33.7 Å². The van der Waals surface area contributed by atoms with Gasteiger partial charge in [-0.25, -0.2) is 0 Å². The maximum Gasteiger partial charge on any atom is 0.119 e. The number of morpholine rings is 1. The van der Waals surface area contributed by atoms with Gasteiger partial charge in [-0.15, -0.1) is 0 Å². The van der Waals surface area contributed by atoms with Gasteiger partial charge >= 0.3 is 0 Å². The second kappa shape index (κ2) is 8.25. The van der Waals surface area contributed by atoms with Gasteiger partial charge in [0, 0.05) is 25.7 Å². The van der Waals surface area contributed by atoms with Crippen LogP contribution < -0.4 is 10.1 Å². The molecule has 1 aliphatic heterocycles. The van der Waals surface area contributed by atoms with Crippen LogP contribution in [0, 0.1) is 0 Å². The SMILES string of the molecule is CCCNC(CN1CCOCC1)c1cccc(OC)c1. The van der Waals surface area contributed by atoms with Crippen molar-refractivity contribution in [3.8, 4) is 5.75 Å². The zero-order valence-corrected chi connectivity index (χ0v) is 12.6. The minimum absolute atomic E-state index is 0.350. The van der Waals surface area contributed by atoms with E-state index in [9.17, 15) is 0 Å². The zero-order chi connectivity index (χ0) is 14.2. The minimum atomic E-state index is 0.350. The van der Waals surface area contributed by atoms with Gasteiger partial charge in [-0.1, -0.05) is 19.1 Å². The van der Waals surface area contributed by atoms with Gasteiger partial charge in [0.05, 0.1) is 20.3 Å². The lowest BCUT2D eigenvalue weighted by Crippen LogP contribution is -2.42. The van der Waals surface area contributed by atoms with Crippen LogP contribution in [0.2, 0.25) is 0 Å². The molecule has 4 heteroatoms. The molecule has 1 N–H and O–H groups in total. The molecule has 1 aliphatic rings. The fourth-order valence-electron chi connectivity index (χ4n) is 2.51. The van der Waals surface area contributed by atoms with Crippen molar-refractivity contribution in [1.29, 1.82) is 0 Å². The summed E-state index contributed by atoms with van der Waals surface area (Å²) in [6, 6.07) is 8.72. The fraction of sp³-hybridized carbons (Fsp3) is 0.625. The lowest BCUT2D eigenvalue weighted by atomic mass is 10.1. The average Bonchev–Trinajstić information content (AvgIpc) is 2.52. The second-order valence-corrected chi connectivity index (χ2v) is 5.20. The Kier molecular flexibility index (Phi) is 6.30. The van der Waals surface area contributed by atoms with Crippen LogP contribution in [-0.4, -0.2) is 51.4 Å². The van der Waals surface area contributed by atoms with Crippen LogP contribution in [0.3, 0.4) is 0 Å². The van der Waals surface area contributed by atoms with Gasteiger partial charge in [0.1, 0.15) is 5.75 Å². The number of nitrogens with zero attached hydrogens (tertiary/aromatic N) is 1. The minimum Gasteiger partial charge on any atom is -0.497 e. The van der Waals surface area contributed by atoms with Crippen molar-refractivity contribution < 1.29 is 9.47 Å². The molecule has 1 unspecified atom stereocenters. The molecule has 112 valence electrons. The first kappa shape index (κ1) is 15.3. The predicted octanol–water partition coefficient (Wildman–Crippen LogP) is 2.07. The summed E-state index contributed by atoms with van der Waals surface area (Å²) < 4.78 is 10.8. The third-order valence-electron chi connectivity index (χ3n) is 3.68. The Morgan fingerprint density at radius 3 is 2.85 bits per heavy atom. The molecule has 0 bridgehead atoms. The summed E-state index contributed by atoms with van der Waals surface area (Å²) >= 11 is 0. The van der Waals surface area contributed by atoms with Crippen LogP contribution in [0.25, 0.3) is 0 Å². The standard InChI is InChI=1S/C16H26N2O2/c1-3-7-17-16(13-18-8-10-20-11-9-18)14-5-4-6-15(12-14)19-2/h4-6,12,16-17H,3,7-11,13H2,1-2H3. The summed E-state index contributed by atoms with van der Waals surface area (Å²) in [6.45, 7) is 7.99. The Balaban J connectivity index is 2.04. The first-order valence-electron chi connectivity index (χ1n) is 7.51. The number of methoxy groups -OCH3 is 1. The van der Waals surface area contributed by atoms with Crippen LogP contribution >= 0.6 is 0 Å². The molecule has 0 radical (unpaired) electrons.